The van der Waals surface area contributed by atoms with E-state index in [1.807, 2.05) is 69.3 Å². The highest BCUT2D eigenvalue weighted by molar-refractivity contribution is 5.88. The van der Waals surface area contributed by atoms with Gasteiger partial charge in [-0.15, -0.1) is 0 Å². The molecule has 2 amide bonds. The molecule has 2 aromatic rings. The summed E-state index contributed by atoms with van der Waals surface area (Å²) in [4.78, 5) is 27.3. The molecule has 1 atom stereocenters. The molecular weight excluding hydrogens is 352 g/mol. The summed E-state index contributed by atoms with van der Waals surface area (Å²) in [5.41, 5.74) is 3.04. The molecule has 0 bridgehead atoms. The Morgan fingerprint density at radius 3 is 2.07 bits per heavy atom. The standard InChI is InChI=1S/C23H30N2O3/c1-16(2)24-23(27)18(4)25(15-20-8-6-17(3)7-9-20)22(26)14-19-10-12-21(28-5)13-11-19/h6-13,16,18H,14-15H2,1-5H3,(H,24,27)/t18-/m1/s1. The molecule has 5 nitrogen and oxygen atoms in total. The van der Waals surface area contributed by atoms with Crippen molar-refractivity contribution in [2.75, 3.05) is 7.11 Å². The van der Waals surface area contributed by atoms with Crippen LogP contribution in [0.5, 0.6) is 5.75 Å². The molecule has 0 aliphatic heterocycles. The first-order valence-corrected chi connectivity index (χ1v) is 9.58. The zero-order valence-corrected chi connectivity index (χ0v) is 17.4. The molecule has 0 saturated carbocycles. The molecule has 28 heavy (non-hydrogen) atoms. The highest BCUT2D eigenvalue weighted by Gasteiger charge is 2.26. The van der Waals surface area contributed by atoms with Crippen molar-refractivity contribution in [3.8, 4) is 5.75 Å². The quantitative estimate of drug-likeness (QED) is 0.760. The van der Waals surface area contributed by atoms with E-state index in [4.69, 9.17) is 4.74 Å². The van der Waals surface area contributed by atoms with Gasteiger partial charge in [0.2, 0.25) is 11.8 Å². The van der Waals surface area contributed by atoms with Crippen LogP contribution in [0.25, 0.3) is 0 Å². The Hall–Kier alpha value is -2.82. The smallest absolute Gasteiger partial charge is 0.242 e. The SMILES string of the molecule is COc1ccc(CC(=O)N(Cc2ccc(C)cc2)[C@H](C)C(=O)NC(C)C)cc1. The van der Waals surface area contributed by atoms with Crippen LogP contribution in [0.3, 0.4) is 0 Å². The van der Waals surface area contributed by atoms with Crippen LogP contribution in [0.15, 0.2) is 48.5 Å². The highest BCUT2D eigenvalue weighted by Crippen LogP contribution is 2.16. The number of amides is 2. The zero-order valence-electron chi connectivity index (χ0n) is 17.4. The van der Waals surface area contributed by atoms with Gasteiger partial charge in [0, 0.05) is 12.6 Å². The number of ether oxygens (including phenoxy) is 1. The maximum Gasteiger partial charge on any atom is 0.242 e. The van der Waals surface area contributed by atoms with Gasteiger partial charge in [0.25, 0.3) is 0 Å². The summed E-state index contributed by atoms with van der Waals surface area (Å²) in [5, 5.41) is 2.90. The molecule has 1 N–H and O–H groups in total. The largest absolute Gasteiger partial charge is 0.497 e. The number of aryl methyl sites for hydroxylation is 1. The normalized spacial score (nSPS) is 11.8. The fraction of sp³-hybridized carbons (Fsp3) is 0.391. The number of nitrogens with zero attached hydrogens (tertiary/aromatic N) is 1. The summed E-state index contributed by atoms with van der Waals surface area (Å²) in [6, 6.07) is 14.9. The van der Waals surface area contributed by atoms with Crippen LogP contribution in [0.2, 0.25) is 0 Å². The van der Waals surface area contributed by atoms with Gasteiger partial charge in [-0.25, -0.2) is 0 Å². The fourth-order valence-corrected chi connectivity index (χ4v) is 2.90. The minimum absolute atomic E-state index is 0.0212. The number of carbonyl (C=O) groups is 2. The Labute approximate surface area is 167 Å². The molecule has 0 aliphatic rings. The second kappa shape index (κ2) is 9.93. The van der Waals surface area contributed by atoms with E-state index < -0.39 is 6.04 Å². The molecule has 5 heteroatoms. The van der Waals surface area contributed by atoms with Gasteiger partial charge in [-0.1, -0.05) is 42.0 Å². The molecule has 0 fully saturated rings. The first-order valence-electron chi connectivity index (χ1n) is 9.58. The number of nitrogens with one attached hydrogen (secondary N) is 1. The summed E-state index contributed by atoms with van der Waals surface area (Å²) >= 11 is 0. The van der Waals surface area contributed by atoms with E-state index in [-0.39, 0.29) is 24.3 Å². The Morgan fingerprint density at radius 1 is 0.964 bits per heavy atom. The van der Waals surface area contributed by atoms with Crippen molar-refractivity contribution in [1.82, 2.24) is 10.2 Å². The molecule has 0 unspecified atom stereocenters. The van der Waals surface area contributed by atoms with Crippen LogP contribution in [-0.2, 0) is 22.6 Å². The van der Waals surface area contributed by atoms with Crippen molar-refractivity contribution in [2.45, 2.75) is 52.7 Å². The summed E-state index contributed by atoms with van der Waals surface area (Å²) < 4.78 is 5.17. The van der Waals surface area contributed by atoms with Crippen LogP contribution in [0.4, 0.5) is 0 Å². The van der Waals surface area contributed by atoms with Crippen LogP contribution in [0.1, 0.15) is 37.5 Å². The van der Waals surface area contributed by atoms with Crippen LogP contribution >= 0.6 is 0 Å². The number of rotatable bonds is 8. The van der Waals surface area contributed by atoms with Gasteiger partial charge in [0.05, 0.1) is 13.5 Å². The van der Waals surface area contributed by atoms with Gasteiger partial charge in [-0.3, -0.25) is 9.59 Å². The number of hydrogen-bond donors (Lipinski definition) is 1. The van der Waals surface area contributed by atoms with E-state index in [9.17, 15) is 9.59 Å². The molecule has 0 spiro atoms. The van der Waals surface area contributed by atoms with Gasteiger partial charge < -0.3 is 15.0 Å². The minimum atomic E-state index is -0.561. The second-order valence-electron chi connectivity index (χ2n) is 7.37. The highest BCUT2D eigenvalue weighted by atomic mass is 16.5. The monoisotopic (exact) mass is 382 g/mol. The summed E-state index contributed by atoms with van der Waals surface area (Å²) in [7, 11) is 1.61. The van der Waals surface area contributed by atoms with Gasteiger partial charge >= 0.3 is 0 Å². The first-order chi connectivity index (χ1) is 13.3. The predicted octanol–water partition coefficient (Wildman–Crippen LogP) is 3.49. The zero-order chi connectivity index (χ0) is 20.7. The van der Waals surface area contributed by atoms with E-state index in [0.29, 0.717) is 6.54 Å². The van der Waals surface area contributed by atoms with Crippen LogP contribution in [0, 0.1) is 6.92 Å². The van der Waals surface area contributed by atoms with Gasteiger partial charge in [0.15, 0.2) is 0 Å². The molecule has 0 heterocycles. The summed E-state index contributed by atoms with van der Waals surface area (Å²) in [5.74, 6) is 0.514. The Balaban J connectivity index is 2.20. The first kappa shape index (κ1) is 21.5. The summed E-state index contributed by atoms with van der Waals surface area (Å²) in [6.07, 6.45) is 0.231. The molecule has 0 saturated heterocycles. The molecule has 0 radical (unpaired) electrons. The maximum absolute atomic E-state index is 13.1. The van der Waals surface area contributed by atoms with Crippen molar-refractivity contribution < 1.29 is 14.3 Å². The minimum Gasteiger partial charge on any atom is -0.497 e. The van der Waals surface area contributed by atoms with E-state index in [1.165, 1.54) is 0 Å². The molecule has 2 rings (SSSR count). The van der Waals surface area contributed by atoms with Crippen molar-refractivity contribution in [3.63, 3.8) is 0 Å². The second-order valence-corrected chi connectivity index (χ2v) is 7.37. The van der Waals surface area contributed by atoms with Gasteiger partial charge in [-0.2, -0.15) is 0 Å². The number of methoxy groups -OCH3 is 1. The molecule has 150 valence electrons. The Kier molecular flexibility index (Phi) is 7.61. The average Bonchev–Trinajstić information content (AvgIpc) is 2.67. The van der Waals surface area contributed by atoms with Crippen molar-refractivity contribution in [2.24, 2.45) is 0 Å². The Bertz CT molecular complexity index is 782. The van der Waals surface area contributed by atoms with E-state index in [0.717, 1.165) is 22.4 Å². The summed E-state index contributed by atoms with van der Waals surface area (Å²) in [6.45, 7) is 8.01. The van der Waals surface area contributed by atoms with E-state index >= 15 is 0 Å². The molecule has 0 aromatic heterocycles. The molecular formula is C23H30N2O3. The predicted molar refractivity (Wildman–Crippen MR) is 111 cm³/mol. The maximum atomic E-state index is 13.1. The van der Waals surface area contributed by atoms with Gasteiger partial charge in [0.1, 0.15) is 11.8 Å². The van der Waals surface area contributed by atoms with Crippen LogP contribution in [-0.4, -0.2) is 35.9 Å². The van der Waals surface area contributed by atoms with Gasteiger partial charge in [-0.05, 0) is 51.0 Å². The lowest BCUT2D eigenvalue weighted by Crippen LogP contribution is -2.49. The third-order valence-electron chi connectivity index (χ3n) is 4.59. The third kappa shape index (κ3) is 6.12. The number of hydrogen-bond acceptors (Lipinski definition) is 3. The number of carbonyl (C=O) groups excluding carboxylic acids is 2. The molecule has 2 aromatic carbocycles. The topological polar surface area (TPSA) is 58.6 Å². The van der Waals surface area contributed by atoms with E-state index in [1.54, 1.807) is 18.9 Å². The lowest BCUT2D eigenvalue weighted by Gasteiger charge is -2.29. The van der Waals surface area contributed by atoms with Crippen molar-refractivity contribution >= 4 is 11.8 Å². The lowest BCUT2D eigenvalue weighted by molar-refractivity contribution is -0.140. The van der Waals surface area contributed by atoms with Crippen LogP contribution < -0.4 is 10.1 Å². The van der Waals surface area contributed by atoms with Crippen molar-refractivity contribution in [3.05, 3.63) is 65.2 Å². The van der Waals surface area contributed by atoms with E-state index in [2.05, 4.69) is 5.32 Å². The lowest BCUT2D eigenvalue weighted by atomic mass is 10.1. The van der Waals surface area contributed by atoms with Crippen molar-refractivity contribution in [1.29, 1.82) is 0 Å². The Morgan fingerprint density at radius 2 is 1.54 bits per heavy atom. The number of benzene rings is 2. The fourth-order valence-electron chi connectivity index (χ4n) is 2.90. The average molecular weight is 383 g/mol. The molecule has 0 aliphatic carbocycles. The third-order valence-corrected chi connectivity index (χ3v) is 4.59.